The zero-order valence-electron chi connectivity index (χ0n) is 15.8. The van der Waals surface area contributed by atoms with Crippen LogP contribution in [0, 0.1) is 0 Å². The van der Waals surface area contributed by atoms with Crippen LogP contribution in [0.15, 0.2) is 58.3 Å². The van der Waals surface area contributed by atoms with Gasteiger partial charge in [0, 0.05) is 23.7 Å². The molecule has 1 aliphatic rings. The highest BCUT2D eigenvalue weighted by Crippen LogP contribution is 2.23. The van der Waals surface area contributed by atoms with Crippen LogP contribution < -0.4 is 10.1 Å². The molecule has 1 heterocycles. The number of hydrogen-bond acceptors (Lipinski definition) is 5. The van der Waals surface area contributed by atoms with Gasteiger partial charge in [-0.15, -0.1) is 11.8 Å². The van der Waals surface area contributed by atoms with Crippen molar-refractivity contribution in [3.8, 4) is 5.75 Å². The molecule has 2 aromatic rings. The van der Waals surface area contributed by atoms with Crippen molar-refractivity contribution in [3.05, 3.63) is 48.5 Å². The number of carbonyl (C=O) groups is 1. The van der Waals surface area contributed by atoms with Gasteiger partial charge in [-0.05, 0) is 61.6 Å². The van der Waals surface area contributed by atoms with Crippen molar-refractivity contribution >= 4 is 33.4 Å². The molecule has 0 radical (unpaired) electrons. The number of thioether (sulfide) groups is 1. The molecule has 1 N–H and O–H groups in total. The van der Waals surface area contributed by atoms with E-state index in [1.54, 1.807) is 30.0 Å². The first-order chi connectivity index (χ1) is 13.5. The lowest BCUT2D eigenvalue weighted by molar-refractivity contribution is -0.118. The van der Waals surface area contributed by atoms with Gasteiger partial charge in [0.25, 0.3) is 5.91 Å². The number of hydrogen-bond donors (Lipinski definition) is 1. The normalized spacial score (nSPS) is 15.2. The van der Waals surface area contributed by atoms with E-state index in [1.807, 2.05) is 30.5 Å². The lowest BCUT2D eigenvalue weighted by Gasteiger charge is -2.26. The van der Waals surface area contributed by atoms with Gasteiger partial charge < -0.3 is 10.1 Å². The van der Waals surface area contributed by atoms with Gasteiger partial charge in [-0.3, -0.25) is 4.79 Å². The second-order valence-electron chi connectivity index (χ2n) is 6.50. The summed E-state index contributed by atoms with van der Waals surface area (Å²) in [4.78, 5) is 13.5. The summed E-state index contributed by atoms with van der Waals surface area (Å²) in [6.07, 6.45) is 4.81. The molecule has 8 heteroatoms. The molecule has 6 nitrogen and oxygen atoms in total. The van der Waals surface area contributed by atoms with E-state index in [0.717, 1.165) is 24.2 Å². The predicted molar refractivity (Wildman–Crippen MR) is 111 cm³/mol. The van der Waals surface area contributed by atoms with Crippen molar-refractivity contribution in [3.63, 3.8) is 0 Å². The summed E-state index contributed by atoms with van der Waals surface area (Å²) >= 11 is 1.63. The molecule has 1 saturated heterocycles. The smallest absolute Gasteiger partial charge is 0.262 e. The summed E-state index contributed by atoms with van der Waals surface area (Å²) in [5.41, 5.74) is 0.435. The Morgan fingerprint density at radius 1 is 1.11 bits per heavy atom. The topological polar surface area (TPSA) is 75.7 Å². The zero-order chi connectivity index (χ0) is 20.0. The number of nitrogens with one attached hydrogen (secondary N) is 1. The maximum atomic E-state index is 12.8. The van der Waals surface area contributed by atoms with E-state index in [4.69, 9.17) is 4.74 Å². The SMILES string of the molecule is CSc1ccc(OCC(=O)Nc2cccc(S(=O)(=O)N3CCCCC3)c2)cc1. The molecule has 28 heavy (non-hydrogen) atoms. The first-order valence-corrected chi connectivity index (χ1v) is 11.8. The molecular weight excluding hydrogens is 396 g/mol. The Morgan fingerprint density at radius 3 is 2.50 bits per heavy atom. The molecule has 0 spiro atoms. The number of rotatable bonds is 7. The molecule has 3 rings (SSSR count). The highest BCUT2D eigenvalue weighted by molar-refractivity contribution is 7.98. The Labute approximate surface area is 170 Å². The fraction of sp³-hybridized carbons (Fsp3) is 0.350. The Balaban J connectivity index is 1.61. The molecular formula is C20H24N2O4S2. The first kappa shape index (κ1) is 20.7. The van der Waals surface area contributed by atoms with Crippen molar-refractivity contribution in [2.24, 2.45) is 0 Å². The maximum absolute atomic E-state index is 12.8. The van der Waals surface area contributed by atoms with Gasteiger partial charge in [0.05, 0.1) is 4.90 Å². The molecule has 1 amide bonds. The summed E-state index contributed by atoms with van der Waals surface area (Å²) in [7, 11) is -3.53. The van der Waals surface area contributed by atoms with E-state index >= 15 is 0 Å². The van der Waals surface area contributed by atoms with Crippen molar-refractivity contribution < 1.29 is 17.9 Å². The molecule has 0 aliphatic carbocycles. The molecule has 0 saturated carbocycles. The van der Waals surface area contributed by atoms with Gasteiger partial charge in [0.2, 0.25) is 10.0 Å². The molecule has 0 bridgehead atoms. The highest BCUT2D eigenvalue weighted by Gasteiger charge is 2.26. The number of amides is 1. The third-order valence-corrected chi connectivity index (χ3v) is 7.14. The van der Waals surface area contributed by atoms with Crippen LogP contribution in [-0.2, 0) is 14.8 Å². The summed E-state index contributed by atoms with van der Waals surface area (Å²) in [5, 5.41) is 2.70. The molecule has 2 aromatic carbocycles. The average molecular weight is 421 g/mol. The van der Waals surface area contributed by atoms with E-state index < -0.39 is 10.0 Å². The van der Waals surface area contributed by atoms with E-state index in [-0.39, 0.29) is 17.4 Å². The molecule has 150 valence electrons. The van der Waals surface area contributed by atoms with Gasteiger partial charge in [0.15, 0.2) is 6.61 Å². The molecule has 0 unspecified atom stereocenters. The maximum Gasteiger partial charge on any atom is 0.262 e. The van der Waals surface area contributed by atoms with Gasteiger partial charge in [-0.2, -0.15) is 4.31 Å². The van der Waals surface area contributed by atoms with E-state index in [0.29, 0.717) is 24.5 Å². The molecule has 0 atom stereocenters. The van der Waals surface area contributed by atoms with Crippen molar-refractivity contribution in [1.82, 2.24) is 4.31 Å². The fourth-order valence-electron chi connectivity index (χ4n) is 3.01. The van der Waals surface area contributed by atoms with Crippen LogP contribution in [0.2, 0.25) is 0 Å². The number of anilines is 1. The first-order valence-electron chi connectivity index (χ1n) is 9.16. The monoisotopic (exact) mass is 420 g/mol. The van der Waals surface area contributed by atoms with Crippen LogP contribution >= 0.6 is 11.8 Å². The van der Waals surface area contributed by atoms with Crippen LogP contribution in [0.25, 0.3) is 0 Å². The van der Waals surface area contributed by atoms with E-state index in [9.17, 15) is 13.2 Å². The summed E-state index contributed by atoms with van der Waals surface area (Å²) in [6.45, 7) is 0.936. The molecule has 0 aromatic heterocycles. The van der Waals surface area contributed by atoms with E-state index in [1.165, 1.54) is 10.4 Å². The van der Waals surface area contributed by atoms with Crippen molar-refractivity contribution in [2.45, 2.75) is 29.1 Å². The van der Waals surface area contributed by atoms with Crippen LogP contribution in [0.3, 0.4) is 0 Å². The summed E-state index contributed by atoms with van der Waals surface area (Å²) < 4.78 is 32.5. The van der Waals surface area contributed by atoms with Crippen molar-refractivity contribution in [1.29, 1.82) is 0 Å². The minimum atomic E-state index is -3.53. The van der Waals surface area contributed by atoms with Crippen LogP contribution in [-0.4, -0.2) is 44.6 Å². The molecule has 1 fully saturated rings. The fourth-order valence-corrected chi connectivity index (χ4v) is 4.98. The largest absolute Gasteiger partial charge is 0.484 e. The lowest BCUT2D eigenvalue weighted by Crippen LogP contribution is -2.35. The summed E-state index contributed by atoms with van der Waals surface area (Å²) in [6, 6.07) is 13.8. The average Bonchev–Trinajstić information content (AvgIpc) is 2.73. The van der Waals surface area contributed by atoms with E-state index in [2.05, 4.69) is 5.32 Å². The highest BCUT2D eigenvalue weighted by atomic mass is 32.2. The van der Waals surface area contributed by atoms with Gasteiger partial charge in [0.1, 0.15) is 5.75 Å². The second-order valence-corrected chi connectivity index (χ2v) is 9.32. The Morgan fingerprint density at radius 2 is 1.82 bits per heavy atom. The molecule has 1 aliphatic heterocycles. The Bertz CT molecular complexity index is 908. The number of nitrogens with zero attached hydrogens (tertiary/aromatic N) is 1. The van der Waals surface area contributed by atoms with Crippen LogP contribution in [0.1, 0.15) is 19.3 Å². The second kappa shape index (κ2) is 9.45. The van der Waals surface area contributed by atoms with Crippen molar-refractivity contribution in [2.75, 3.05) is 31.3 Å². The minimum absolute atomic E-state index is 0.151. The lowest BCUT2D eigenvalue weighted by atomic mass is 10.2. The number of benzene rings is 2. The van der Waals surface area contributed by atoms with Crippen LogP contribution in [0.5, 0.6) is 5.75 Å². The Hall–Kier alpha value is -2.03. The van der Waals surface area contributed by atoms with Gasteiger partial charge >= 0.3 is 0 Å². The minimum Gasteiger partial charge on any atom is -0.484 e. The number of ether oxygens (including phenoxy) is 1. The van der Waals surface area contributed by atoms with Gasteiger partial charge in [-0.1, -0.05) is 12.5 Å². The number of sulfonamides is 1. The summed E-state index contributed by atoms with van der Waals surface area (Å²) in [5.74, 6) is 0.260. The van der Waals surface area contributed by atoms with Crippen LogP contribution in [0.4, 0.5) is 5.69 Å². The predicted octanol–water partition coefficient (Wildman–Crippen LogP) is 3.60. The third kappa shape index (κ3) is 5.27. The van der Waals surface area contributed by atoms with Gasteiger partial charge in [-0.25, -0.2) is 8.42 Å². The number of carbonyl (C=O) groups excluding carboxylic acids is 1. The Kier molecular flexibility index (Phi) is 6.98. The third-order valence-electron chi connectivity index (χ3n) is 4.50. The zero-order valence-corrected chi connectivity index (χ0v) is 17.4. The quantitative estimate of drug-likeness (QED) is 0.693. The number of piperidine rings is 1. The standard InChI is InChI=1S/C20H24N2O4S2/c1-27-18-10-8-17(9-11-18)26-15-20(23)21-16-6-5-7-19(14-16)28(24,25)22-12-3-2-4-13-22/h5-11,14H,2-4,12-13,15H2,1H3,(H,21,23).